The number of nitrogens with one attached hydrogen (secondary N) is 1. The molecule has 124 valence electrons. The third kappa shape index (κ3) is 4.44. The Labute approximate surface area is 127 Å². The zero-order valence-electron chi connectivity index (χ0n) is 11.9. The second kappa shape index (κ2) is 6.55. The Morgan fingerprint density at radius 2 is 1.91 bits per heavy atom. The molecule has 0 aromatic heterocycles. The maximum Gasteiger partial charge on any atom is 0.266 e. The summed E-state index contributed by atoms with van der Waals surface area (Å²) in [6, 6.07) is 3.47. The van der Waals surface area contributed by atoms with Gasteiger partial charge < -0.3 is 10.4 Å². The van der Waals surface area contributed by atoms with E-state index in [4.69, 9.17) is 0 Å². The number of rotatable bonds is 5. The summed E-state index contributed by atoms with van der Waals surface area (Å²) in [5, 5.41) is 13.2. The normalized spacial score (nSPS) is 20.2. The summed E-state index contributed by atoms with van der Waals surface area (Å²) in [4.78, 5) is 0. The maximum absolute atomic E-state index is 13.4. The maximum atomic E-state index is 13.4. The molecule has 4 nitrogen and oxygen atoms in total. The molecule has 8 heteroatoms. The monoisotopic (exact) mass is 337 g/mol. The fourth-order valence-corrected chi connectivity index (χ4v) is 3.98. The van der Waals surface area contributed by atoms with Crippen LogP contribution in [0.25, 0.3) is 0 Å². The van der Waals surface area contributed by atoms with Crippen LogP contribution in [-0.2, 0) is 16.4 Å². The van der Waals surface area contributed by atoms with Crippen molar-refractivity contribution in [1.82, 2.24) is 5.32 Å². The first-order chi connectivity index (χ1) is 10.2. The van der Waals surface area contributed by atoms with E-state index in [2.05, 4.69) is 5.32 Å². The predicted molar refractivity (Wildman–Crippen MR) is 75.9 cm³/mol. The van der Waals surface area contributed by atoms with Crippen molar-refractivity contribution < 1.29 is 26.7 Å². The number of hydrogen-bond donors (Lipinski definition) is 2. The van der Waals surface area contributed by atoms with Gasteiger partial charge in [0.2, 0.25) is 0 Å². The summed E-state index contributed by atoms with van der Waals surface area (Å²) in [5.74, 6) is -1.07. The van der Waals surface area contributed by atoms with Gasteiger partial charge in [-0.3, -0.25) is 0 Å². The van der Waals surface area contributed by atoms with Crippen LogP contribution in [0.3, 0.4) is 0 Å². The van der Waals surface area contributed by atoms with Crippen molar-refractivity contribution in [1.29, 1.82) is 0 Å². The number of aliphatic hydroxyl groups is 1. The summed E-state index contributed by atoms with van der Waals surface area (Å²) in [6.45, 7) is 0.371. The lowest BCUT2D eigenvalue weighted by molar-refractivity contribution is 0.0303. The third-order valence-corrected chi connectivity index (χ3v) is 5.49. The highest BCUT2D eigenvalue weighted by molar-refractivity contribution is 7.91. The Morgan fingerprint density at radius 1 is 1.27 bits per heavy atom. The van der Waals surface area contributed by atoms with Crippen LogP contribution in [0.15, 0.2) is 18.2 Å². The molecule has 0 bridgehead atoms. The van der Waals surface area contributed by atoms with Gasteiger partial charge in [0.15, 0.2) is 9.84 Å². The molecule has 1 fully saturated rings. The quantitative estimate of drug-likeness (QED) is 0.860. The standard InChI is InChI=1S/C14H18F3NO3S/c15-12-7-10(1-2-11(12)13(16)17)8-18-9-14(19)3-5-22(20,21)6-4-14/h1-2,7,13,18-19H,3-6,8-9H2. The first-order valence-electron chi connectivity index (χ1n) is 6.91. The Bertz CT molecular complexity index is 620. The molecule has 1 heterocycles. The molecular formula is C14H18F3NO3S. The molecule has 1 aliphatic heterocycles. The molecule has 0 aliphatic carbocycles. The fraction of sp³-hybridized carbons (Fsp3) is 0.571. The molecule has 2 N–H and O–H groups in total. The van der Waals surface area contributed by atoms with E-state index in [0.717, 1.165) is 12.1 Å². The van der Waals surface area contributed by atoms with Crippen LogP contribution in [0.2, 0.25) is 0 Å². The summed E-state index contributed by atoms with van der Waals surface area (Å²) in [5.41, 5.74) is -1.26. The Kier molecular flexibility index (Phi) is 5.14. The summed E-state index contributed by atoms with van der Waals surface area (Å²) >= 11 is 0. The van der Waals surface area contributed by atoms with E-state index in [1.807, 2.05) is 0 Å². The van der Waals surface area contributed by atoms with Crippen LogP contribution in [0.1, 0.15) is 30.4 Å². The lowest BCUT2D eigenvalue weighted by atomic mass is 9.97. The molecule has 1 aromatic rings. The minimum atomic E-state index is -3.06. The summed E-state index contributed by atoms with van der Waals surface area (Å²) in [7, 11) is -3.06. The molecule has 0 unspecified atom stereocenters. The van der Waals surface area contributed by atoms with Crippen molar-refractivity contribution in [2.45, 2.75) is 31.4 Å². The molecule has 2 rings (SSSR count). The largest absolute Gasteiger partial charge is 0.388 e. The van der Waals surface area contributed by atoms with Gasteiger partial charge >= 0.3 is 0 Å². The molecule has 0 amide bonds. The van der Waals surface area contributed by atoms with Gasteiger partial charge in [-0.15, -0.1) is 0 Å². The first-order valence-corrected chi connectivity index (χ1v) is 8.73. The number of sulfone groups is 1. The Balaban J connectivity index is 1.87. The van der Waals surface area contributed by atoms with Crippen molar-refractivity contribution in [3.63, 3.8) is 0 Å². The molecule has 22 heavy (non-hydrogen) atoms. The van der Waals surface area contributed by atoms with Crippen molar-refractivity contribution in [2.75, 3.05) is 18.1 Å². The van der Waals surface area contributed by atoms with Gasteiger partial charge in [-0.05, 0) is 24.5 Å². The van der Waals surface area contributed by atoms with E-state index in [9.17, 15) is 26.7 Å². The van der Waals surface area contributed by atoms with Crippen LogP contribution in [-0.4, -0.2) is 37.2 Å². The second-order valence-corrected chi connectivity index (χ2v) is 7.94. The summed E-state index contributed by atoms with van der Waals surface area (Å²) in [6.07, 6.45) is -2.55. The average molecular weight is 337 g/mol. The van der Waals surface area contributed by atoms with Crippen LogP contribution in [0.4, 0.5) is 13.2 Å². The zero-order chi connectivity index (χ0) is 16.4. The molecule has 0 atom stereocenters. The van der Waals surface area contributed by atoms with E-state index in [0.29, 0.717) is 5.56 Å². The molecular weight excluding hydrogens is 319 g/mol. The van der Waals surface area contributed by atoms with Gasteiger partial charge in [-0.25, -0.2) is 21.6 Å². The van der Waals surface area contributed by atoms with E-state index in [1.165, 1.54) is 6.07 Å². The topological polar surface area (TPSA) is 66.4 Å². The highest BCUT2D eigenvalue weighted by Gasteiger charge is 2.34. The van der Waals surface area contributed by atoms with Gasteiger partial charge in [0.25, 0.3) is 6.43 Å². The van der Waals surface area contributed by atoms with Gasteiger partial charge in [-0.2, -0.15) is 0 Å². The van der Waals surface area contributed by atoms with Crippen molar-refractivity contribution in [3.8, 4) is 0 Å². The predicted octanol–water partition coefficient (Wildman–Crippen LogP) is 1.79. The number of alkyl halides is 2. The smallest absolute Gasteiger partial charge is 0.266 e. The molecule has 0 saturated carbocycles. The van der Waals surface area contributed by atoms with Gasteiger partial charge in [0.1, 0.15) is 5.82 Å². The minimum absolute atomic E-state index is 0.0527. The van der Waals surface area contributed by atoms with Gasteiger partial charge in [-0.1, -0.05) is 12.1 Å². The number of halogens is 3. The lowest BCUT2D eigenvalue weighted by Gasteiger charge is -2.32. The van der Waals surface area contributed by atoms with Crippen LogP contribution < -0.4 is 5.32 Å². The highest BCUT2D eigenvalue weighted by atomic mass is 32.2. The highest BCUT2D eigenvalue weighted by Crippen LogP contribution is 2.24. The van der Waals surface area contributed by atoms with E-state index < -0.39 is 33.2 Å². The van der Waals surface area contributed by atoms with Crippen molar-refractivity contribution >= 4 is 9.84 Å². The first kappa shape index (κ1) is 17.2. The Hall–Kier alpha value is -1.12. The average Bonchev–Trinajstić information content (AvgIpc) is 2.43. The van der Waals surface area contributed by atoms with E-state index in [1.54, 1.807) is 0 Å². The van der Waals surface area contributed by atoms with E-state index >= 15 is 0 Å². The molecule has 0 spiro atoms. The second-order valence-electron chi connectivity index (χ2n) is 5.64. The number of hydrogen-bond acceptors (Lipinski definition) is 4. The van der Waals surface area contributed by atoms with Gasteiger partial charge in [0, 0.05) is 13.1 Å². The van der Waals surface area contributed by atoms with Crippen molar-refractivity contribution in [3.05, 3.63) is 35.1 Å². The lowest BCUT2D eigenvalue weighted by Crippen LogP contribution is -2.46. The third-order valence-electron chi connectivity index (χ3n) is 3.84. The molecule has 1 saturated heterocycles. The minimum Gasteiger partial charge on any atom is -0.388 e. The Morgan fingerprint density at radius 3 is 2.45 bits per heavy atom. The SMILES string of the molecule is O=S1(=O)CCC(O)(CNCc2ccc(C(F)F)c(F)c2)CC1. The molecule has 1 aliphatic rings. The van der Waals surface area contributed by atoms with E-state index in [-0.39, 0.29) is 37.4 Å². The molecule has 0 radical (unpaired) electrons. The van der Waals surface area contributed by atoms with Crippen LogP contribution in [0.5, 0.6) is 0 Å². The fourth-order valence-electron chi connectivity index (χ4n) is 2.39. The summed E-state index contributed by atoms with van der Waals surface area (Å²) < 4.78 is 60.9. The van der Waals surface area contributed by atoms with Crippen LogP contribution >= 0.6 is 0 Å². The van der Waals surface area contributed by atoms with Crippen LogP contribution in [0, 0.1) is 5.82 Å². The number of benzene rings is 1. The zero-order valence-corrected chi connectivity index (χ0v) is 12.7. The van der Waals surface area contributed by atoms with Gasteiger partial charge in [0.05, 0.1) is 22.7 Å². The molecule has 1 aromatic carbocycles. The van der Waals surface area contributed by atoms with Crippen molar-refractivity contribution in [2.24, 2.45) is 0 Å².